The molecule has 2 aromatic heterocycles. The zero-order valence-electron chi connectivity index (χ0n) is 16.4. The Bertz CT molecular complexity index is 947. The molecule has 0 atom stereocenters. The quantitative estimate of drug-likeness (QED) is 0.422. The Labute approximate surface area is 169 Å². The number of nitrogens with one attached hydrogen (secondary N) is 2. The van der Waals surface area contributed by atoms with E-state index in [1.807, 2.05) is 32.3 Å². The van der Waals surface area contributed by atoms with Crippen molar-refractivity contribution in [3.05, 3.63) is 70.5 Å². The van der Waals surface area contributed by atoms with Gasteiger partial charge in [-0.1, -0.05) is 12.1 Å². The first-order valence-corrected chi connectivity index (χ1v) is 9.16. The van der Waals surface area contributed by atoms with E-state index in [-0.39, 0.29) is 5.69 Å². The molecule has 0 spiro atoms. The second kappa shape index (κ2) is 9.56. The summed E-state index contributed by atoms with van der Waals surface area (Å²) in [6, 6.07) is 12.1. The van der Waals surface area contributed by atoms with Gasteiger partial charge in [-0.2, -0.15) is 4.98 Å². The molecule has 9 nitrogen and oxygen atoms in total. The molecule has 0 saturated carbocycles. The summed E-state index contributed by atoms with van der Waals surface area (Å²) in [5.74, 6) is 1.18. The first kappa shape index (κ1) is 20.2. The van der Waals surface area contributed by atoms with Gasteiger partial charge in [0.2, 0.25) is 5.95 Å². The molecule has 0 fully saturated rings. The monoisotopic (exact) mass is 393 g/mol. The van der Waals surface area contributed by atoms with E-state index in [0.717, 1.165) is 23.4 Å². The molecule has 3 aromatic rings. The van der Waals surface area contributed by atoms with Crippen molar-refractivity contribution in [3.63, 3.8) is 0 Å². The standard InChI is InChI=1S/C20H23N7O2/c1-26(2)11-10-22-20-24-18(16-4-3-9-21-14-16)12-19(25-20)23-13-15-5-7-17(8-6-15)27(28)29/h3-9,12,14H,10-11,13H2,1-2H3,(H2,22,23,24,25). The minimum Gasteiger partial charge on any atom is -0.366 e. The van der Waals surface area contributed by atoms with Crippen LogP contribution < -0.4 is 10.6 Å². The van der Waals surface area contributed by atoms with Gasteiger partial charge in [-0.05, 0) is 31.8 Å². The molecule has 3 rings (SSSR count). The van der Waals surface area contributed by atoms with Gasteiger partial charge in [0.15, 0.2) is 0 Å². The fraction of sp³-hybridized carbons (Fsp3) is 0.250. The number of non-ortho nitro benzene ring substituents is 1. The van der Waals surface area contributed by atoms with Crippen LogP contribution in [0.25, 0.3) is 11.3 Å². The van der Waals surface area contributed by atoms with Gasteiger partial charge in [-0.15, -0.1) is 0 Å². The highest BCUT2D eigenvalue weighted by molar-refractivity contribution is 5.63. The van der Waals surface area contributed by atoms with Crippen LogP contribution in [-0.4, -0.2) is 52.0 Å². The molecule has 0 saturated heterocycles. The van der Waals surface area contributed by atoms with Crippen LogP contribution in [0.4, 0.5) is 17.5 Å². The highest BCUT2D eigenvalue weighted by Gasteiger charge is 2.08. The molecule has 0 aliphatic rings. The maximum absolute atomic E-state index is 10.8. The van der Waals surface area contributed by atoms with Gasteiger partial charge in [-0.3, -0.25) is 15.1 Å². The number of benzene rings is 1. The van der Waals surface area contributed by atoms with Crippen molar-refractivity contribution in [1.29, 1.82) is 0 Å². The lowest BCUT2D eigenvalue weighted by Gasteiger charge is -2.13. The predicted molar refractivity (Wildman–Crippen MR) is 113 cm³/mol. The Balaban J connectivity index is 1.77. The van der Waals surface area contributed by atoms with Crippen molar-refractivity contribution in [3.8, 4) is 11.3 Å². The summed E-state index contributed by atoms with van der Waals surface area (Å²) in [5.41, 5.74) is 2.64. The summed E-state index contributed by atoms with van der Waals surface area (Å²) >= 11 is 0. The number of nitro benzene ring substituents is 1. The molecule has 0 unspecified atom stereocenters. The van der Waals surface area contributed by atoms with Crippen LogP contribution in [0.15, 0.2) is 54.9 Å². The Kier molecular flexibility index (Phi) is 6.64. The molecule has 0 radical (unpaired) electrons. The van der Waals surface area contributed by atoms with Crippen LogP contribution in [0.5, 0.6) is 0 Å². The third-order valence-corrected chi connectivity index (χ3v) is 4.15. The molecule has 29 heavy (non-hydrogen) atoms. The van der Waals surface area contributed by atoms with Crippen LogP contribution >= 0.6 is 0 Å². The largest absolute Gasteiger partial charge is 0.366 e. The molecule has 0 aliphatic carbocycles. The maximum atomic E-state index is 10.8. The second-order valence-electron chi connectivity index (χ2n) is 6.71. The van der Waals surface area contributed by atoms with E-state index < -0.39 is 4.92 Å². The van der Waals surface area contributed by atoms with E-state index in [1.54, 1.807) is 24.5 Å². The summed E-state index contributed by atoms with van der Waals surface area (Å²) in [4.78, 5) is 25.7. The van der Waals surface area contributed by atoms with Gasteiger partial charge in [0.25, 0.3) is 5.69 Å². The average Bonchev–Trinajstić information content (AvgIpc) is 2.73. The summed E-state index contributed by atoms with van der Waals surface area (Å²) in [6.07, 6.45) is 3.47. The molecule has 0 aliphatic heterocycles. The maximum Gasteiger partial charge on any atom is 0.269 e. The molecule has 1 aromatic carbocycles. The normalized spacial score (nSPS) is 10.7. The van der Waals surface area contributed by atoms with E-state index in [1.165, 1.54) is 12.1 Å². The number of rotatable bonds is 9. The Hall–Kier alpha value is -3.59. The number of anilines is 2. The summed E-state index contributed by atoms with van der Waals surface area (Å²) in [5, 5.41) is 17.3. The van der Waals surface area contributed by atoms with Crippen LogP contribution in [0, 0.1) is 10.1 Å². The molecular formula is C20H23N7O2. The molecule has 150 valence electrons. The average molecular weight is 393 g/mol. The van der Waals surface area contributed by atoms with E-state index in [0.29, 0.717) is 24.9 Å². The first-order chi connectivity index (χ1) is 14.0. The molecule has 0 amide bonds. The van der Waals surface area contributed by atoms with Gasteiger partial charge in [0, 0.05) is 55.8 Å². The van der Waals surface area contributed by atoms with Gasteiger partial charge >= 0.3 is 0 Å². The minimum absolute atomic E-state index is 0.0713. The number of nitro groups is 1. The lowest BCUT2D eigenvalue weighted by Crippen LogP contribution is -2.21. The first-order valence-electron chi connectivity index (χ1n) is 9.16. The Morgan fingerprint density at radius 1 is 1.10 bits per heavy atom. The fourth-order valence-electron chi connectivity index (χ4n) is 2.60. The number of aromatic nitrogens is 3. The van der Waals surface area contributed by atoms with Crippen molar-refractivity contribution < 1.29 is 4.92 Å². The SMILES string of the molecule is CN(C)CCNc1nc(NCc2ccc([N+](=O)[O-])cc2)cc(-c2cccnc2)n1. The second-order valence-corrected chi connectivity index (χ2v) is 6.71. The van der Waals surface area contributed by atoms with Gasteiger partial charge in [0.05, 0.1) is 10.6 Å². The number of likely N-dealkylation sites (N-methyl/N-ethyl adjacent to an activating group) is 1. The zero-order chi connectivity index (χ0) is 20.6. The minimum atomic E-state index is -0.409. The number of nitrogens with zero attached hydrogens (tertiary/aromatic N) is 5. The topological polar surface area (TPSA) is 109 Å². The Morgan fingerprint density at radius 2 is 1.90 bits per heavy atom. The van der Waals surface area contributed by atoms with Crippen molar-refractivity contribution in [2.75, 3.05) is 37.8 Å². The van der Waals surface area contributed by atoms with Gasteiger partial charge in [-0.25, -0.2) is 4.98 Å². The van der Waals surface area contributed by atoms with Crippen molar-refractivity contribution in [2.24, 2.45) is 0 Å². The third kappa shape index (κ3) is 5.94. The van der Waals surface area contributed by atoms with Crippen LogP contribution in [0.3, 0.4) is 0 Å². The van der Waals surface area contributed by atoms with Crippen LogP contribution in [0.1, 0.15) is 5.56 Å². The molecule has 2 N–H and O–H groups in total. The van der Waals surface area contributed by atoms with Gasteiger partial charge in [0.1, 0.15) is 5.82 Å². The lowest BCUT2D eigenvalue weighted by atomic mass is 10.2. The number of hydrogen-bond acceptors (Lipinski definition) is 8. The van der Waals surface area contributed by atoms with Crippen molar-refractivity contribution in [2.45, 2.75) is 6.54 Å². The molecular weight excluding hydrogens is 370 g/mol. The lowest BCUT2D eigenvalue weighted by molar-refractivity contribution is -0.384. The Morgan fingerprint density at radius 3 is 2.55 bits per heavy atom. The fourth-order valence-corrected chi connectivity index (χ4v) is 2.60. The van der Waals surface area contributed by atoms with Gasteiger partial charge < -0.3 is 15.5 Å². The number of hydrogen-bond donors (Lipinski definition) is 2. The van der Waals surface area contributed by atoms with E-state index in [9.17, 15) is 10.1 Å². The van der Waals surface area contributed by atoms with Crippen LogP contribution in [-0.2, 0) is 6.54 Å². The zero-order valence-corrected chi connectivity index (χ0v) is 16.4. The number of pyridine rings is 1. The third-order valence-electron chi connectivity index (χ3n) is 4.15. The highest BCUT2D eigenvalue weighted by atomic mass is 16.6. The van der Waals surface area contributed by atoms with E-state index in [2.05, 4.69) is 30.5 Å². The van der Waals surface area contributed by atoms with E-state index >= 15 is 0 Å². The van der Waals surface area contributed by atoms with E-state index in [4.69, 9.17) is 0 Å². The molecule has 0 bridgehead atoms. The molecule has 2 heterocycles. The summed E-state index contributed by atoms with van der Waals surface area (Å²) in [7, 11) is 4.01. The predicted octanol–water partition coefficient (Wildman–Crippen LogP) is 3.03. The summed E-state index contributed by atoms with van der Waals surface area (Å²) < 4.78 is 0. The smallest absolute Gasteiger partial charge is 0.269 e. The highest BCUT2D eigenvalue weighted by Crippen LogP contribution is 2.21. The van der Waals surface area contributed by atoms with Crippen LogP contribution in [0.2, 0.25) is 0 Å². The van der Waals surface area contributed by atoms with Crippen molar-refractivity contribution in [1.82, 2.24) is 19.9 Å². The summed E-state index contributed by atoms with van der Waals surface area (Å²) in [6.45, 7) is 2.05. The molecule has 9 heteroatoms. The van der Waals surface area contributed by atoms with Crippen molar-refractivity contribution >= 4 is 17.5 Å².